The van der Waals surface area contributed by atoms with Gasteiger partial charge >= 0.3 is 5.97 Å². The Morgan fingerprint density at radius 3 is 2.33 bits per heavy atom. The fraction of sp³-hybridized carbons (Fsp3) is 0.833. The highest BCUT2D eigenvalue weighted by molar-refractivity contribution is 5.79. The summed E-state index contributed by atoms with van der Waals surface area (Å²) in [4.78, 5) is 24.0. The summed E-state index contributed by atoms with van der Waals surface area (Å²) >= 11 is 0. The van der Waals surface area contributed by atoms with Crippen LogP contribution < -0.4 is 0 Å². The van der Waals surface area contributed by atoms with Gasteiger partial charge in [-0.15, -0.1) is 0 Å². The number of nitrogens with zero attached hydrogens (tertiary/aromatic N) is 1. The number of hydrogen-bond acceptors (Lipinski definition) is 2. The van der Waals surface area contributed by atoms with Crippen molar-refractivity contribution < 1.29 is 23.5 Å². The predicted molar refractivity (Wildman–Crippen MR) is 61.3 cm³/mol. The Morgan fingerprint density at radius 1 is 1.39 bits per heavy atom. The van der Waals surface area contributed by atoms with E-state index in [1.54, 1.807) is 0 Å². The Kier molecular flexibility index (Phi) is 4.65. The van der Waals surface area contributed by atoms with Crippen LogP contribution in [0.4, 0.5) is 8.78 Å². The van der Waals surface area contributed by atoms with Crippen LogP contribution in [0, 0.1) is 11.8 Å². The smallest absolute Gasteiger partial charge is 0.308 e. The summed E-state index contributed by atoms with van der Waals surface area (Å²) < 4.78 is 25.9. The van der Waals surface area contributed by atoms with Gasteiger partial charge in [-0.2, -0.15) is 0 Å². The summed E-state index contributed by atoms with van der Waals surface area (Å²) in [5.74, 6) is -4.88. The highest BCUT2D eigenvalue weighted by atomic mass is 19.3. The molecule has 1 unspecified atom stereocenters. The first-order valence-electron chi connectivity index (χ1n) is 6.08. The fourth-order valence-electron chi connectivity index (χ4n) is 2.18. The van der Waals surface area contributed by atoms with E-state index in [0.717, 1.165) is 0 Å². The van der Waals surface area contributed by atoms with Gasteiger partial charge < -0.3 is 10.0 Å². The summed E-state index contributed by atoms with van der Waals surface area (Å²) in [5.41, 5.74) is 0. The maximum atomic E-state index is 13.0. The van der Waals surface area contributed by atoms with E-state index in [9.17, 15) is 18.4 Å². The first-order chi connectivity index (χ1) is 8.23. The molecule has 1 fully saturated rings. The molecule has 1 aliphatic carbocycles. The lowest BCUT2D eigenvalue weighted by Gasteiger charge is -2.30. The molecule has 6 heteroatoms. The second-order valence-corrected chi connectivity index (χ2v) is 5.09. The van der Waals surface area contributed by atoms with Crippen LogP contribution in [0.15, 0.2) is 0 Å². The Bertz CT molecular complexity index is 323. The fourth-order valence-corrected chi connectivity index (χ4v) is 2.18. The Balaban J connectivity index is 2.47. The SMILES string of the molecule is CC(CN(C)C(=O)C1CCC(F)(F)CC1)C(=O)O. The first-order valence-corrected chi connectivity index (χ1v) is 6.08. The third-order valence-electron chi connectivity index (χ3n) is 3.41. The summed E-state index contributed by atoms with van der Waals surface area (Å²) in [5, 5.41) is 8.75. The number of hydrogen-bond donors (Lipinski definition) is 1. The van der Waals surface area contributed by atoms with Crippen molar-refractivity contribution in [3.8, 4) is 0 Å². The average Bonchev–Trinajstić information content (AvgIpc) is 2.27. The summed E-state index contributed by atoms with van der Waals surface area (Å²) in [7, 11) is 1.52. The molecule has 1 N–H and O–H groups in total. The van der Waals surface area contributed by atoms with Crippen LogP contribution in [0.2, 0.25) is 0 Å². The van der Waals surface area contributed by atoms with Crippen molar-refractivity contribution in [2.45, 2.75) is 38.5 Å². The molecule has 0 aromatic rings. The molecule has 4 nitrogen and oxygen atoms in total. The quantitative estimate of drug-likeness (QED) is 0.844. The molecule has 1 rings (SSSR count). The maximum Gasteiger partial charge on any atom is 0.308 e. The van der Waals surface area contributed by atoms with Gasteiger partial charge in [-0.3, -0.25) is 9.59 Å². The number of alkyl halides is 2. The zero-order valence-electron chi connectivity index (χ0n) is 10.7. The number of carboxylic acids is 1. The van der Waals surface area contributed by atoms with Gasteiger partial charge in [0, 0.05) is 32.4 Å². The maximum absolute atomic E-state index is 13.0. The molecule has 0 aromatic heterocycles. The van der Waals surface area contributed by atoms with Gasteiger partial charge in [-0.25, -0.2) is 8.78 Å². The normalized spacial score (nSPS) is 21.3. The highest BCUT2D eigenvalue weighted by Gasteiger charge is 2.38. The third-order valence-corrected chi connectivity index (χ3v) is 3.41. The molecule has 1 amide bonds. The highest BCUT2D eigenvalue weighted by Crippen LogP contribution is 2.36. The topological polar surface area (TPSA) is 57.6 Å². The first kappa shape index (κ1) is 14.9. The molecule has 104 valence electrons. The molecular formula is C12H19F2NO3. The van der Waals surface area contributed by atoms with E-state index in [0.29, 0.717) is 0 Å². The third kappa shape index (κ3) is 3.92. The van der Waals surface area contributed by atoms with Gasteiger partial charge in [0.15, 0.2) is 0 Å². The van der Waals surface area contributed by atoms with Crippen molar-refractivity contribution in [1.82, 2.24) is 4.90 Å². The van der Waals surface area contributed by atoms with Crippen molar-refractivity contribution in [3.05, 3.63) is 0 Å². The molecule has 1 saturated carbocycles. The van der Waals surface area contributed by atoms with E-state index in [-0.39, 0.29) is 38.1 Å². The number of carbonyl (C=O) groups is 2. The molecule has 1 aliphatic rings. The second kappa shape index (κ2) is 5.63. The molecule has 0 bridgehead atoms. The Labute approximate surface area is 105 Å². The molecular weight excluding hydrogens is 244 g/mol. The molecule has 0 heterocycles. The summed E-state index contributed by atoms with van der Waals surface area (Å²) in [6.45, 7) is 1.63. The molecule has 0 aromatic carbocycles. The van der Waals surface area contributed by atoms with Gasteiger partial charge in [0.05, 0.1) is 5.92 Å². The van der Waals surface area contributed by atoms with E-state index in [1.807, 2.05) is 0 Å². The van der Waals surface area contributed by atoms with Crippen LogP contribution >= 0.6 is 0 Å². The van der Waals surface area contributed by atoms with Gasteiger partial charge in [-0.1, -0.05) is 6.92 Å². The minimum Gasteiger partial charge on any atom is -0.481 e. The van der Waals surface area contributed by atoms with Crippen LogP contribution in [-0.4, -0.2) is 41.4 Å². The van der Waals surface area contributed by atoms with E-state index in [2.05, 4.69) is 0 Å². The number of amides is 1. The zero-order valence-corrected chi connectivity index (χ0v) is 10.7. The summed E-state index contributed by atoms with van der Waals surface area (Å²) in [6.07, 6.45) is -0.160. The van der Waals surface area contributed by atoms with Crippen molar-refractivity contribution in [1.29, 1.82) is 0 Å². The average molecular weight is 263 g/mol. The van der Waals surface area contributed by atoms with Crippen LogP contribution in [0.1, 0.15) is 32.6 Å². The minimum atomic E-state index is -2.65. The number of rotatable bonds is 4. The molecule has 0 aliphatic heterocycles. The largest absolute Gasteiger partial charge is 0.481 e. The standard InChI is InChI=1S/C12H19F2NO3/c1-8(11(17)18)7-15(2)10(16)9-3-5-12(13,14)6-4-9/h8-9H,3-7H2,1-2H3,(H,17,18). The van der Waals surface area contributed by atoms with Gasteiger partial charge in [0.1, 0.15) is 0 Å². The lowest BCUT2D eigenvalue weighted by Crippen LogP contribution is -2.40. The lowest BCUT2D eigenvalue weighted by molar-refractivity contribution is -0.144. The van der Waals surface area contributed by atoms with Crippen molar-refractivity contribution in [2.24, 2.45) is 11.8 Å². The number of carboxylic acid groups (broad SMARTS) is 1. The second-order valence-electron chi connectivity index (χ2n) is 5.09. The van der Waals surface area contributed by atoms with Crippen LogP contribution in [0.3, 0.4) is 0 Å². The molecule has 1 atom stereocenters. The number of aliphatic carboxylic acids is 1. The van der Waals surface area contributed by atoms with Gasteiger partial charge in [0.2, 0.25) is 11.8 Å². The van der Waals surface area contributed by atoms with Crippen molar-refractivity contribution in [3.63, 3.8) is 0 Å². The number of halogens is 2. The Hall–Kier alpha value is -1.20. The molecule has 0 spiro atoms. The zero-order chi connectivity index (χ0) is 13.9. The van der Waals surface area contributed by atoms with Crippen LogP contribution in [0.5, 0.6) is 0 Å². The summed E-state index contributed by atoms with van der Waals surface area (Å²) in [6, 6.07) is 0. The number of carbonyl (C=O) groups excluding carboxylic acids is 1. The lowest BCUT2D eigenvalue weighted by atomic mass is 9.86. The molecule has 0 saturated heterocycles. The van der Waals surface area contributed by atoms with E-state index in [1.165, 1.54) is 18.9 Å². The minimum absolute atomic E-state index is 0.112. The predicted octanol–water partition coefficient (Wildman–Crippen LogP) is 1.99. The van der Waals surface area contributed by atoms with E-state index >= 15 is 0 Å². The molecule has 0 radical (unpaired) electrons. The van der Waals surface area contributed by atoms with Crippen molar-refractivity contribution in [2.75, 3.05) is 13.6 Å². The Morgan fingerprint density at radius 2 is 1.89 bits per heavy atom. The van der Waals surface area contributed by atoms with Gasteiger partial charge in [-0.05, 0) is 12.8 Å². The van der Waals surface area contributed by atoms with E-state index in [4.69, 9.17) is 5.11 Å². The van der Waals surface area contributed by atoms with Gasteiger partial charge in [0.25, 0.3) is 0 Å². The van der Waals surface area contributed by atoms with E-state index < -0.39 is 23.7 Å². The monoisotopic (exact) mass is 263 g/mol. The van der Waals surface area contributed by atoms with Crippen LogP contribution in [0.25, 0.3) is 0 Å². The van der Waals surface area contributed by atoms with Crippen molar-refractivity contribution >= 4 is 11.9 Å². The molecule has 18 heavy (non-hydrogen) atoms. The van der Waals surface area contributed by atoms with Crippen LogP contribution in [-0.2, 0) is 9.59 Å².